The minimum atomic E-state index is -5.91. The standard InChI is InChI=1S/C12H12ClF6N3O4S/c1-10(11(14,15)16,12(17,18)19)20-9(23)21-22-27(24,25)8-5-6(13)3-4-7(8)26-2/h3-5,22H,1-2H3,(H2,20,21,23). The fourth-order valence-electron chi connectivity index (χ4n) is 1.59. The quantitative estimate of drug-likeness (QED) is 0.481. The summed E-state index contributed by atoms with van der Waals surface area (Å²) >= 11 is 5.63. The summed E-state index contributed by atoms with van der Waals surface area (Å²) in [7, 11) is -3.54. The highest BCUT2D eigenvalue weighted by molar-refractivity contribution is 7.89. The molecule has 0 saturated carbocycles. The first-order chi connectivity index (χ1) is 12.0. The van der Waals surface area contributed by atoms with Gasteiger partial charge in [-0.2, -0.15) is 26.3 Å². The number of nitrogens with one attached hydrogen (secondary N) is 3. The Bertz CT molecular complexity index is 798. The van der Waals surface area contributed by atoms with E-state index in [-0.39, 0.29) is 17.7 Å². The van der Waals surface area contributed by atoms with Crippen molar-refractivity contribution in [1.29, 1.82) is 0 Å². The number of hydrazine groups is 1. The lowest BCUT2D eigenvalue weighted by Crippen LogP contribution is -2.67. The molecule has 0 fully saturated rings. The van der Waals surface area contributed by atoms with Crippen LogP contribution in [0.4, 0.5) is 31.1 Å². The predicted molar refractivity (Wildman–Crippen MR) is 80.5 cm³/mol. The van der Waals surface area contributed by atoms with E-state index in [9.17, 15) is 39.6 Å². The lowest BCUT2D eigenvalue weighted by atomic mass is 10.0. The monoisotopic (exact) mass is 443 g/mol. The summed E-state index contributed by atoms with van der Waals surface area (Å²) in [5.74, 6) is -0.246. The number of carbonyl (C=O) groups excluding carboxylic acids is 1. The number of alkyl halides is 6. The predicted octanol–water partition coefficient (Wildman–Crippen LogP) is 2.72. The van der Waals surface area contributed by atoms with Gasteiger partial charge in [-0.05, 0) is 25.1 Å². The van der Waals surface area contributed by atoms with Crippen molar-refractivity contribution in [3.8, 4) is 5.75 Å². The van der Waals surface area contributed by atoms with Crippen molar-refractivity contribution in [2.45, 2.75) is 29.7 Å². The zero-order chi connectivity index (χ0) is 21.3. The van der Waals surface area contributed by atoms with Crippen molar-refractivity contribution in [3.63, 3.8) is 0 Å². The second-order valence-electron chi connectivity index (χ2n) is 5.10. The molecule has 0 aliphatic rings. The first-order valence-corrected chi connectivity index (χ1v) is 8.48. The number of methoxy groups -OCH3 is 1. The third-order valence-corrected chi connectivity index (χ3v) is 4.72. The number of rotatable bonds is 5. The van der Waals surface area contributed by atoms with Crippen LogP contribution in [0.3, 0.4) is 0 Å². The van der Waals surface area contributed by atoms with Crippen molar-refractivity contribution in [2.24, 2.45) is 0 Å². The van der Waals surface area contributed by atoms with E-state index in [1.54, 1.807) is 0 Å². The van der Waals surface area contributed by atoms with Gasteiger partial charge in [0, 0.05) is 5.02 Å². The first kappa shape index (κ1) is 23.1. The number of amides is 2. The highest BCUT2D eigenvalue weighted by atomic mass is 35.5. The Hall–Kier alpha value is -1.93. The molecule has 0 aliphatic heterocycles. The highest BCUT2D eigenvalue weighted by Crippen LogP contribution is 2.42. The number of urea groups is 1. The summed E-state index contributed by atoms with van der Waals surface area (Å²) < 4.78 is 105. The Morgan fingerprint density at radius 2 is 1.63 bits per heavy atom. The molecule has 0 radical (unpaired) electrons. The fraction of sp³-hybridized carbons (Fsp3) is 0.417. The maximum atomic E-state index is 12.7. The molecule has 1 aromatic rings. The van der Waals surface area contributed by atoms with Crippen LogP contribution < -0.4 is 20.3 Å². The average Bonchev–Trinajstić information content (AvgIpc) is 2.51. The van der Waals surface area contributed by atoms with Crippen molar-refractivity contribution < 1.29 is 44.3 Å². The van der Waals surface area contributed by atoms with Gasteiger partial charge in [0.15, 0.2) is 0 Å². The van der Waals surface area contributed by atoms with Crippen LogP contribution in [0.2, 0.25) is 5.02 Å². The molecule has 0 unspecified atom stereocenters. The number of benzene rings is 1. The van der Waals surface area contributed by atoms with E-state index >= 15 is 0 Å². The molecule has 0 bridgehead atoms. The maximum absolute atomic E-state index is 12.7. The molecule has 7 nitrogen and oxygen atoms in total. The molecule has 3 N–H and O–H groups in total. The number of hydrogen-bond acceptors (Lipinski definition) is 4. The third kappa shape index (κ3) is 5.07. The molecule has 0 heterocycles. The van der Waals surface area contributed by atoms with Gasteiger partial charge in [0.2, 0.25) is 5.54 Å². The van der Waals surface area contributed by atoms with Gasteiger partial charge in [0.05, 0.1) is 7.11 Å². The molecule has 1 aromatic carbocycles. The van der Waals surface area contributed by atoms with Gasteiger partial charge in [0.25, 0.3) is 10.0 Å². The second kappa shape index (κ2) is 7.59. The summed E-state index contributed by atoms with van der Waals surface area (Å²) in [6.45, 7) is -0.318. The van der Waals surface area contributed by atoms with Gasteiger partial charge >= 0.3 is 18.4 Å². The Morgan fingerprint density at radius 3 is 2.07 bits per heavy atom. The van der Waals surface area contributed by atoms with Crippen LogP contribution in [0, 0.1) is 0 Å². The van der Waals surface area contributed by atoms with E-state index in [0.717, 1.165) is 19.2 Å². The van der Waals surface area contributed by atoms with Crippen molar-refractivity contribution in [1.82, 2.24) is 15.6 Å². The summed E-state index contributed by atoms with van der Waals surface area (Å²) in [6.07, 6.45) is -11.8. The van der Waals surface area contributed by atoms with Crippen molar-refractivity contribution in [2.75, 3.05) is 7.11 Å². The summed E-state index contributed by atoms with van der Waals surface area (Å²) in [5.41, 5.74) is -3.42. The van der Waals surface area contributed by atoms with Crippen LogP contribution in [0.5, 0.6) is 5.75 Å². The van der Waals surface area contributed by atoms with E-state index in [1.807, 2.05) is 0 Å². The van der Waals surface area contributed by atoms with Gasteiger partial charge in [-0.3, -0.25) is 5.43 Å². The molecule has 154 valence electrons. The van der Waals surface area contributed by atoms with Gasteiger partial charge in [0.1, 0.15) is 10.6 Å². The molecular weight excluding hydrogens is 432 g/mol. The molecule has 0 aliphatic carbocycles. The molecule has 15 heteroatoms. The van der Waals surface area contributed by atoms with Crippen LogP contribution in [0.25, 0.3) is 0 Å². The van der Waals surface area contributed by atoms with Crippen molar-refractivity contribution in [3.05, 3.63) is 23.2 Å². The smallest absolute Gasteiger partial charge is 0.420 e. The molecule has 1 rings (SSSR count). The lowest BCUT2D eigenvalue weighted by molar-refractivity contribution is -0.297. The number of sulfonamides is 1. The summed E-state index contributed by atoms with van der Waals surface area (Å²) in [6, 6.07) is 1.19. The number of carbonyl (C=O) groups is 1. The topological polar surface area (TPSA) is 96.5 Å². The van der Waals surface area contributed by atoms with Gasteiger partial charge in [-0.15, -0.1) is 4.83 Å². The lowest BCUT2D eigenvalue weighted by Gasteiger charge is -2.34. The maximum Gasteiger partial charge on any atom is 0.420 e. The molecule has 0 spiro atoms. The number of halogens is 7. The molecule has 0 aromatic heterocycles. The van der Waals surface area contributed by atoms with E-state index in [2.05, 4.69) is 0 Å². The molecule has 0 saturated heterocycles. The Balaban J connectivity index is 3.01. The normalized spacial score (nSPS) is 13.2. The Labute approximate surface area is 154 Å². The average molecular weight is 444 g/mol. The number of ether oxygens (including phenoxy) is 1. The molecule has 27 heavy (non-hydrogen) atoms. The van der Waals surface area contributed by atoms with E-state index in [1.165, 1.54) is 16.3 Å². The minimum Gasteiger partial charge on any atom is -0.495 e. The first-order valence-electron chi connectivity index (χ1n) is 6.62. The molecule has 2 amide bonds. The van der Waals surface area contributed by atoms with Crippen LogP contribution in [0.1, 0.15) is 6.92 Å². The Kier molecular flexibility index (Phi) is 6.50. The van der Waals surface area contributed by atoms with E-state index < -0.39 is 38.8 Å². The highest BCUT2D eigenvalue weighted by Gasteiger charge is 2.68. The SMILES string of the molecule is COc1ccc(Cl)cc1S(=O)(=O)NNC(=O)NC(C)(C(F)(F)F)C(F)(F)F. The summed E-state index contributed by atoms with van der Waals surface area (Å²) in [4.78, 5) is 12.2. The molecule has 0 atom stereocenters. The van der Waals surface area contributed by atoms with Crippen LogP contribution in [0.15, 0.2) is 23.1 Å². The zero-order valence-corrected chi connectivity index (χ0v) is 15.0. The Morgan fingerprint density at radius 1 is 1.11 bits per heavy atom. The second-order valence-corrected chi connectivity index (χ2v) is 7.19. The van der Waals surface area contributed by atoms with Crippen LogP contribution in [-0.2, 0) is 10.0 Å². The molecular formula is C12H12ClF6N3O4S. The van der Waals surface area contributed by atoms with Crippen LogP contribution >= 0.6 is 11.6 Å². The third-order valence-electron chi connectivity index (χ3n) is 3.21. The largest absolute Gasteiger partial charge is 0.495 e. The number of hydrogen-bond donors (Lipinski definition) is 3. The van der Waals surface area contributed by atoms with E-state index in [0.29, 0.717) is 5.32 Å². The fourth-order valence-corrected chi connectivity index (χ4v) is 2.86. The summed E-state index contributed by atoms with van der Waals surface area (Å²) in [5, 5.41) is 0.586. The van der Waals surface area contributed by atoms with Gasteiger partial charge < -0.3 is 10.1 Å². The van der Waals surface area contributed by atoms with Crippen molar-refractivity contribution >= 4 is 27.7 Å². The zero-order valence-electron chi connectivity index (χ0n) is 13.4. The van der Waals surface area contributed by atoms with Crippen LogP contribution in [-0.4, -0.2) is 39.5 Å². The van der Waals surface area contributed by atoms with Gasteiger partial charge in [-0.25, -0.2) is 13.2 Å². The minimum absolute atomic E-state index is 0.0673. The van der Waals surface area contributed by atoms with E-state index in [4.69, 9.17) is 16.3 Å². The van der Waals surface area contributed by atoms with Gasteiger partial charge in [-0.1, -0.05) is 11.6 Å².